The number of aliphatic hydroxyl groups excluding tert-OH is 1. The molecule has 0 unspecified atom stereocenters. The molecule has 2 rings (SSSR count). The van der Waals surface area contributed by atoms with Gasteiger partial charge in [0.15, 0.2) is 0 Å². The average molecular weight is 217 g/mol. The van der Waals surface area contributed by atoms with E-state index >= 15 is 0 Å². The Morgan fingerprint density at radius 1 is 1.19 bits per heavy atom. The zero-order valence-electron chi connectivity index (χ0n) is 9.18. The number of hydrogen-bond acceptors (Lipinski definition) is 3. The van der Waals surface area contributed by atoms with Crippen LogP contribution in [-0.4, -0.2) is 11.7 Å². The van der Waals surface area contributed by atoms with Gasteiger partial charge >= 0.3 is 0 Å². The third-order valence-corrected chi connectivity index (χ3v) is 2.53. The highest BCUT2D eigenvalue weighted by Crippen LogP contribution is 2.24. The van der Waals surface area contributed by atoms with Crippen LogP contribution in [0.2, 0.25) is 0 Å². The predicted molar refractivity (Wildman–Crippen MR) is 62.9 cm³/mol. The molecule has 0 saturated carbocycles. The van der Waals surface area contributed by atoms with Gasteiger partial charge in [0.1, 0.15) is 11.5 Å². The van der Waals surface area contributed by atoms with Crippen LogP contribution in [0.5, 0.6) is 0 Å². The smallest absolute Gasteiger partial charge is 0.134 e. The van der Waals surface area contributed by atoms with E-state index in [2.05, 4.69) is 0 Å². The van der Waals surface area contributed by atoms with E-state index in [0.717, 1.165) is 11.3 Å². The van der Waals surface area contributed by atoms with Crippen LogP contribution in [0.3, 0.4) is 0 Å². The lowest BCUT2D eigenvalue weighted by Gasteiger charge is -2.03. The molecular weight excluding hydrogens is 202 g/mol. The fourth-order valence-electron chi connectivity index (χ4n) is 1.52. The summed E-state index contributed by atoms with van der Waals surface area (Å²) in [5.74, 6) is 1.39. The summed E-state index contributed by atoms with van der Waals surface area (Å²) in [7, 11) is 0. The van der Waals surface area contributed by atoms with Gasteiger partial charge in [-0.05, 0) is 19.1 Å². The molecule has 0 radical (unpaired) electrons. The Balaban J connectivity index is 2.28. The van der Waals surface area contributed by atoms with Gasteiger partial charge in [-0.25, -0.2) is 0 Å². The van der Waals surface area contributed by atoms with E-state index in [1.54, 1.807) is 6.07 Å². The molecule has 0 bridgehead atoms. The molecule has 0 fully saturated rings. The molecule has 3 heteroatoms. The third-order valence-electron chi connectivity index (χ3n) is 2.53. The molecule has 2 aromatic rings. The zero-order chi connectivity index (χ0) is 11.5. The molecule has 3 nitrogen and oxygen atoms in total. The van der Waals surface area contributed by atoms with Crippen molar-refractivity contribution in [3.05, 3.63) is 47.7 Å². The minimum atomic E-state index is -0.445. The Morgan fingerprint density at radius 2 is 1.88 bits per heavy atom. The van der Waals surface area contributed by atoms with E-state index in [1.165, 1.54) is 5.56 Å². The van der Waals surface area contributed by atoms with Crippen molar-refractivity contribution in [1.29, 1.82) is 0 Å². The average Bonchev–Trinajstić information content (AvgIpc) is 2.78. The highest BCUT2D eigenvalue weighted by Gasteiger charge is 2.10. The van der Waals surface area contributed by atoms with Crippen molar-refractivity contribution < 1.29 is 9.52 Å². The number of furan rings is 1. The second-order valence-electron chi connectivity index (χ2n) is 3.86. The fourth-order valence-corrected chi connectivity index (χ4v) is 1.52. The zero-order valence-corrected chi connectivity index (χ0v) is 9.18. The molecule has 1 heterocycles. The molecule has 1 atom stereocenters. The first-order valence-electron chi connectivity index (χ1n) is 5.24. The summed E-state index contributed by atoms with van der Waals surface area (Å²) in [6.07, 6.45) is 0. The molecule has 1 aromatic heterocycles. The number of nitrogens with two attached hydrogens (primary N) is 1. The predicted octanol–water partition coefficient (Wildman–Crippen LogP) is 2.25. The second-order valence-corrected chi connectivity index (χ2v) is 3.86. The summed E-state index contributed by atoms with van der Waals surface area (Å²) in [5, 5.41) is 8.92. The van der Waals surface area contributed by atoms with Gasteiger partial charge in [0.25, 0.3) is 0 Å². The molecule has 84 valence electrons. The van der Waals surface area contributed by atoms with Crippen molar-refractivity contribution in [2.24, 2.45) is 5.73 Å². The van der Waals surface area contributed by atoms with E-state index in [9.17, 15) is 0 Å². The summed E-state index contributed by atoms with van der Waals surface area (Å²) in [6.45, 7) is 1.93. The first-order chi connectivity index (χ1) is 7.70. The van der Waals surface area contributed by atoms with E-state index < -0.39 is 6.04 Å². The molecule has 0 aliphatic rings. The minimum Gasteiger partial charge on any atom is -0.459 e. The van der Waals surface area contributed by atoms with Crippen molar-refractivity contribution in [2.45, 2.75) is 13.0 Å². The quantitative estimate of drug-likeness (QED) is 0.829. The van der Waals surface area contributed by atoms with Crippen LogP contribution in [-0.2, 0) is 0 Å². The van der Waals surface area contributed by atoms with Gasteiger partial charge in [-0.1, -0.05) is 29.8 Å². The van der Waals surface area contributed by atoms with Gasteiger partial charge in [-0.15, -0.1) is 0 Å². The lowest BCUT2D eigenvalue weighted by atomic mass is 10.1. The number of aliphatic hydroxyl groups is 1. The summed E-state index contributed by atoms with van der Waals surface area (Å²) in [5.41, 5.74) is 7.89. The van der Waals surface area contributed by atoms with Gasteiger partial charge in [0.05, 0.1) is 12.6 Å². The Hall–Kier alpha value is -1.58. The van der Waals surface area contributed by atoms with Crippen molar-refractivity contribution >= 4 is 0 Å². The Kier molecular flexibility index (Phi) is 3.08. The normalized spacial score (nSPS) is 12.7. The van der Waals surface area contributed by atoms with Crippen molar-refractivity contribution in [3.63, 3.8) is 0 Å². The molecular formula is C13H15NO2. The van der Waals surface area contributed by atoms with Crippen LogP contribution in [0.1, 0.15) is 17.4 Å². The Labute approximate surface area is 94.5 Å². The maximum atomic E-state index is 8.92. The first-order valence-corrected chi connectivity index (χ1v) is 5.24. The van der Waals surface area contributed by atoms with Crippen LogP contribution >= 0.6 is 0 Å². The SMILES string of the molecule is Cc1ccc(-c2ccc([C@@H](N)CO)o2)cc1. The van der Waals surface area contributed by atoms with Crippen LogP contribution in [0.15, 0.2) is 40.8 Å². The largest absolute Gasteiger partial charge is 0.459 e. The number of benzene rings is 1. The lowest BCUT2D eigenvalue weighted by molar-refractivity contribution is 0.252. The molecule has 0 aliphatic heterocycles. The highest BCUT2D eigenvalue weighted by molar-refractivity contribution is 5.57. The van der Waals surface area contributed by atoms with Crippen LogP contribution in [0.25, 0.3) is 11.3 Å². The molecule has 0 saturated heterocycles. The van der Waals surface area contributed by atoms with Gasteiger partial charge in [-0.2, -0.15) is 0 Å². The third kappa shape index (κ3) is 2.15. The van der Waals surface area contributed by atoms with E-state index in [4.69, 9.17) is 15.3 Å². The summed E-state index contributed by atoms with van der Waals surface area (Å²) in [4.78, 5) is 0. The van der Waals surface area contributed by atoms with Crippen LogP contribution < -0.4 is 5.73 Å². The molecule has 0 spiro atoms. The monoisotopic (exact) mass is 217 g/mol. The highest BCUT2D eigenvalue weighted by atomic mass is 16.3. The van der Waals surface area contributed by atoms with Crippen LogP contribution in [0, 0.1) is 6.92 Å². The van der Waals surface area contributed by atoms with Gasteiger partial charge < -0.3 is 15.3 Å². The maximum Gasteiger partial charge on any atom is 0.134 e. The Bertz CT molecular complexity index is 459. The van der Waals surface area contributed by atoms with E-state index in [-0.39, 0.29) is 6.61 Å². The number of aryl methyl sites for hydroxylation is 1. The van der Waals surface area contributed by atoms with E-state index in [0.29, 0.717) is 5.76 Å². The molecule has 1 aromatic carbocycles. The minimum absolute atomic E-state index is 0.110. The molecule has 0 amide bonds. The number of rotatable bonds is 3. The standard InChI is InChI=1S/C13H15NO2/c1-9-2-4-10(5-3-9)12-6-7-13(16-12)11(14)8-15/h2-7,11,15H,8,14H2,1H3/t11-/m0/s1. The lowest BCUT2D eigenvalue weighted by Crippen LogP contribution is -2.13. The maximum absolute atomic E-state index is 8.92. The molecule has 16 heavy (non-hydrogen) atoms. The van der Waals surface area contributed by atoms with E-state index in [1.807, 2.05) is 37.3 Å². The summed E-state index contributed by atoms with van der Waals surface area (Å²) >= 11 is 0. The van der Waals surface area contributed by atoms with Gasteiger partial charge in [0.2, 0.25) is 0 Å². The van der Waals surface area contributed by atoms with Crippen molar-refractivity contribution in [3.8, 4) is 11.3 Å². The second kappa shape index (κ2) is 4.51. The van der Waals surface area contributed by atoms with Crippen molar-refractivity contribution in [1.82, 2.24) is 0 Å². The van der Waals surface area contributed by atoms with Crippen molar-refractivity contribution in [2.75, 3.05) is 6.61 Å². The number of hydrogen-bond donors (Lipinski definition) is 2. The summed E-state index contributed by atoms with van der Waals surface area (Å²) < 4.78 is 5.58. The Morgan fingerprint density at radius 3 is 2.50 bits per heavy atom. The fraction of sp³-hybridized carbons (Fsp3) is 0.231. The topological polar surface area (TPSA) is 59.4 Å². The van der Waals surface area contributed by atoms with Gasteiger partial charge in [-0.3, -0.25) is 0 Å². The first kappa shape index (κ1) is 10.9. The summed E-state index contributed by atoms with van der Waals surface area (Å²) in [6, 6.07) is 11.3. The molecule has 3 N–H and O–H groups in total. The van der Waals surface area contributed by atoms with Gasteiger partial charge in [0, 0.05) is 5.56 Å². The van der Waals surface area contributed by atoms with Crippen LogP contribution in [0.4, 0.5) is 0 Å². The molecule has 0 aliphatic carbocycles.